The van der Waals surface area contributed by atoms with Crippen LogP contribution in [0.4, 0.5) is 14.5 Å². The fraction of sp³-hybridized carbons (Fsp3) is 0.250. The lowest BCUT2D eigenvalue weighted by atomic mass is 10.3. The van der Waals surface area contributed by atoms with Gasteiger partial charge < -0.3 is 10.5 Å². The van der Waals surface area contributed by atoms with E-state index in [1.165, 1.54) is 19.2 Å². The van der Waals surface area contributed by atoms with E-state index in [1.807, 2.05) is 0 Å². The van der Waals surface area contributed by atoms with Crippen LogP contribution in [-0.4, -0.2) is 12.9 Å². The fourth-order valence-electron chi connectivity index (χ4n) is 0.878. The van der Waals surface area contributed by atoms with Crippen molar-refractivity contribution in [3.05, 3.63) is 18.2 Å². The number of ether oxygens (including phenoxy) is 1. The molecule has 1 aromatic rings. The number of thioether (sulfide) groups is 1. The predicted molar refractivity (Wildman–Crippen MR) is 49.3 cm³/mol. The third-order valence-electron chi connectivity index (χ3n) is 1.40. The second kappa shape index (κ2) is 4.32. The second-order valence-electron chi connectivity index (χ2n) is 2.29. The highest BCUT2D eigenvalue weighted by atomic mass is 32.2. The molecule has 0 saturated heterocycles. The maximum absolute atomic E-state index is 12.0. The van der Waals surface area contributed by atoms with E-state index in [1.54, 1.807) is 6.07 Å². The summed E-state index contributed by atoms with van der Waals surface area (Å²) in [4.78, 5) is 0.395. The lowest BCUT2D eigenvalue weighted by Gasteiger charge is -2.07. The number of hydrogen-bond acceptors (Lipinski definition) is 3. The van der Waals surface area contributed by atoms with E-state index in [4.69, 9.17) is 10.5 Å². The van der Waals surface area contributed by atoms with Crippen LogP contribution in [0.1, 0.15) is 0 Å². The van der Waals surface area contributed by atoms with Crippen molar-refractivity contribution in [3.63, 3.8) is 0 Å². The van der Waals surface area contributed by atoms with Crippen LogP contribution in [0.2, 0.25) is 0 Å². The highest BCUT2D eigenvalue weighted by molar-refractivity contribution is 7.99. The largest absolute Gasteiger partial charge is 0.496 e. The van der Waals surface area contributed by atoms with Gasteiger partial charge in [-0.25, -0.2) is 0 Å². The van der Waals surface area contributed by atoms with Crippen LogP contribution < -0.4 is 10.5 Å². The maximum Gasteiger partial charge on any atom is 0.289 e. The van der Waals surface area contributed by atoms with Gasteiger partial charge in [0.25, 0.3) is 5.76 Å². The molecule has 0 aromatic heterocycles. The van der Waals surface area contributed by atoms with Gasteiger partial charge in [0.05, 0.1) is 12.0 Å². The molecule has 0 spiro atoms. The third kappa shape index (κ3) is 2.77. The first kappa shape index (κ1) is 10.1. The van der Waals surface area contributed by atoms with E-state index in [2.05, 4.69) is 0 Å². The number of benzene rings is 1. The molecule has 0 radical (unpaired) electrons. The van der Waals surface area contributed by atoms with Gasteiger partial charge in [0, 0.05) is 11.8 Å². The van der Waals surface area contributed by atoms with Crippen LogP contribution in [0.3, 0.4) is 0 Å². The molecule has 0 saturated carbocycles. The Morgan fingerprint density at radius 2 is 2.15 bits per heavy atom. The van der Waals surface area contributed by atoms with E-state index < -0.39 is 5.76 Å². The summed E-state index contributed by atoms with van der Waals surface area (Å²) in [5.41, 5.74) is 5.95. The molecule has 0 unspecified atom stereocenters. The van der Waals surface area contributed by atoms with Gasteiger partial charge in [-0.2, -0.15) is 8.78 Å². The van der Waals surface area contributed by atoms with Crippen LogP contribution in [-0.2, 0) is 0 Å². The number of methoxy groups -OCH3 is 1. The van der Waals surface area contributed by atoms with Crippen molar-refractivity contribution in [1.29, 1.82) is 0 Å². The Bertz CT molecular complexity index is 293. The first-order valence-electron chi connectivity index (χ1n) is 3.52. The monoisotopic (exact) mass is 205 g/mol. The summed E-state index contributed by atoms with van der Waals surface area (Å²) in [6, 6.07) is 4.60. The molecule has 0 heterocycles. The molecular formula is C8H9F2NOS. The van der Waals surface area contributed by atoms with E-state index >= 15 is 0 Å². The molecule has 0 atom stereocenters. The van der Waals surface area contributed by atoms with Gasteiger partial charge in [-0.15, -0.1) is 0 Å². The maximum atomic E-state index is 12.0. The molecule has 0 fully saturated rings. The van der Waals surface area contributed by atoms with Gasteiger partial charge in [-0.3, -0.25) is 0 Å². The minimum Gasteiger partial charge on any atom is -0.496 e. The SMILES string of the molecule is COc1cc(N)ccc1SC(F)F. The second-order valence-corrected chi connectivity index (χ2v) is 3.32. The molecule has 5 heteroatoms. The molecule has 0 aliphatic carbocycles. The van der Waals surface area contributed by atoms with Crippen LogP contribution in [0, 0.1) is 0 Å². The molecule has 72 valence electrons. The summed E-state index contributed by atoms with van der Waals surface area (Å²) in [5.74, 6) is -2.07. The van der Waals surface area contributed by atoms with Crippen LogP contribution in [0.15, 0.2) is 23.1 Å². The number of hydrogen-bond donors (Lipinski definition) is 1. The summed E-state index contributed by atoms with van der Waals surface area (Å²) >= 11 is 0.444. The van der Waals surface area contributed by atoms with Crippen LogP contribution in [0.5, 0.6) is 5.75 Å². The Kier molecular flexibility index (Phi) is 3.36. The topological polar surface area (TPSA) is 35.2 Å². The normalized spacial score (nSPS) is 10.5. The van der Waals surface area contributed by atoms with Crippen molar-refractivity contribution in [3.8, 4) is 5.75 Å². The number of halogens is 2. The highest BCUT2D eigenvalue weighted by Crippen LogP contribution is 2.34. The van der Waals surface area contributed by atoms with E-state index in [0.29, 0.717) is 28.1 Å². The summed E-state index contributed by atoms with van der Waals surface area (Å²) < 4.78 is 28.9. The zero-order valence-electron chi connectivity index (χ0n) is 6.96. The molecule has 1 rings (SSSR count). The van der Waals surface area contributed by atoms with Crippen molar-refractivity contribution in [2.75, 3.05) is 12.8 Å². The molecule has 1 aromatic carbocycles. The van der Waals surface area contributed by atoms with Crippen molar-refractivity contribution < 1.29 is 13.5 Å². The summed E-state index contributed by atoms with van der Waals surface area (Å²) in [5, 5.41) is 0. The van der Waals surface area contributed by atoms with Crippen molar-refractivity contribution in [2.24, 2.45) is 0 Å². The van der Waals surface area contributed by atoms with Gasteiger partial charge >= 0.3 is 0 Å². The number of anilines is 1. The molecule has 13 heavy (non-hydrogen) atoms. The standard InChI is InChI=1S/C8H9F2NOS/c1-12-6-4-5(11)2-3-7(6)13-8(9)10/h2-4,8H,11H2,1H3. The lowest BCUT2D eigenvalue weighted by molar-refractivity contribution is 0.251. The Morgan fingerprint density at radius 1 is 1.46 bits per heavy atom. The molecular weight excluding hydrogens is 196 g/mol. The number of nitrogen functional groups attached to an aromatic ring is 1. The summed E-state index contributed by atoms with van der Waals surface area (Å²) in [6.45, 7) is 0. The Labute approximate surface area is 79.1 Å². The van der Waals surface area contributed by atoms with Gasteiger partial charge in [0.1, 0.15) is 5.75 Å². The lowest BCUT2D eigenvalue weighted by Crippen LogP contribution is -1.91. The van der Waals surface area contributed by atoms with Gasteiger partial charge in [-0.05, 0) is 12.1 Å². The van der Waals surface area contributed by atoms with Crippen LogP contribution in [0.25, 0.3) is 0 Å². The Morgan fingerprint density at radius 3 is 2.69 bits per heavy atom. The molecule has 0 bridgehead atoms. The molecule has 2 nitrogen and oxygen atoms in total. The number of nitrogens with two attached hydrogens (primary N) is 1. The van der Waals surface area contributed by atoms with Crippen molar-refractivity contribution in [2.45, 2.75) is 10.7 Å². The zero-order chi connectivity index (χ0) is 9.84. The first-order valence-corrected chi connectivity index (χ1v) is 4.39. The average Bonchev–Trinajstić information content (AvgIpc) is 2.07. The van der Waals surface area contributed by atoms with Gasteiger partial charge in [0.15, 0.2) is 0 Å². The average molecular weight is 205 g/mol. The van der Waals surface area contributed by atoms with E-state index in [0.717, 1.165) is 0 Å². The molecule has 0 aliphatic rings. The van der Waals surface area contributed by atoms with Crippen molar-refractivity contribution in [1.82, 2.24) is 0 Å². The minimum absolute atomic E-state index is 0.380. The van der Waals surface area contributed by atoms with Gasteiger partial charge in [-0.1, -0.05) is 11.8 Å². The Balaban J connectivity index is 2.92. The zero-order valence-corrected chi connectivity index (χ0v) is 7.78. The van der Waals surface area contributed by atoms with E-state index in [-0.39, 0.29) is 0 Å². The summed E-state index contributed by atoms with van der Waals surface area (Å²) in [6.07, 6.45) is 0. The van der Waals surface area contributed by atoms with Crippen molar-refractivity contribution >= 4 is 17.4 Å². The summed E-state index contributed by atoms with van der Waals surface area (Å²) in [7, 11) is 1.42. The predicted octanol–water partition coefficient (Wildman–Crippen LogP) is 2.59. The fourth-order valence-corrected chi connectivity index (χ4v) is 1.47. The van der Waals surface area contributed by atoms with Crippen LogP contribution >= 0.6 is 11.8 Å². The third-order valence-corrected chi connectivity index (χ3v) is 2.17. The minimum atomic E-state index is -2.45. The smallest absolute Gasteiger partial charge is 0.289 e. The number of rotatable bonds is 3. The van der Waals surface area contributed by atoms with E-state index in [9.17, 15) is 8.78 Å². The quantitative estimate of drug-likeness (QED) is 0.608. The molecule has 2 N–H and O–H groups in total. The Hall–Kier alpha value is -0.970. The highest BCUT2D eigenvalue weighted by Gasteiger charge is 2.10. The number of alkyl halides is 2. The molecule has 0 aliphatic heterocycles. The first-order chi connectivity index (χ1) is 6.13. The molecule has 0 amide bonds. The van der Waals surface area contributed by atoms with Gasteiger partial charge in [0.2, 0.25) is 0 Å².